The largest absolute Gasteiger partial charge is 0.351 e. The first-order valence-electron chi connectivity index (χ1n) is 7.23. The van der Waals surface area contributed by atoms with Crippen molar-refractivity contribution >= 4 is 33.6 Å². The van der Waals surface area contributed by atoms with Gasteiger partial charge in [-0.2, -0.15) is 0 Å². The molecule has 2 aromatic carbocycles. The summed E-state index contributed by atoms with van der Waals surface area (Å²) in [7, 11) is -3.64. The number of rotatable bonds is 7. The van der Waals surface area contributed by atoms with E-state index >= 15 is 0 Å². The van der Waals surface area contributed by atoms with Crippen molar-refractivity contribution in [3.8, 4) is 0 Å². The molecule has 0 radical (unpaired) electrons. The number of nitrogens with one attached hydrogen (secondary N) is 2. The second kappa shape index (κ2) is 8.63. The fourth-order valence-electron chi connectivity index (χ4n) is 1.88. The lowest BCUT2D eigenvalue weighted by atomic mass is 10.2. The van der Waals surface area contributed by atoms with Gasteiger partial charge in [-0.05, 0) is 29.8 Å². The van der Waals surface area contributed by atoms with E-state index in [0.29, 0.717) is 5.02 Å². The number of hydrogen-bond donors (Lipinski definition) is 2. The first-order valence-corrected chi connectivity index (χ1v) is 9.10. The van der Waals surface area contributed by atoms with Gasteiger partial charge in [-0.15, -0.1) is 0 Å². The average Bonchev–Trinajstić information content (AvgIpc) is 2.58. The summed E-state index contributed by atoms with van der Waals surface area (Å²) in [4.78, 5) is 11.8. The van der Waals surface area contributed by atoms with Crippen LogP contribution in [0.4, 0.5) is 0 Å². The Kier molecular flexibility index (Phi) is 6.54. The van der Waals surface area contributed by atoms with Gasteiger partial charge in [0, 0.05) is 24.2 Å². The summed E-state index contributed by atoms with van der Waals surface area (Å²) in [6.45, 7) is 0.261. The van der Waals surface area contributed by atoms with E-state index in [2.05, 4.69) is 10.0 Å². The second-order valence-electron chi connectivity index (χ2n) is 4.89. The van der Waals surface area contributed by atoms with Crippen LogP contribution >= 0.6 is 11.6 Å². The molecule has 24 heavy (non-hydrogen) atoms. The first-order chi connectivity index (χ1) is 11.5. The van der Waals surface area contributed by atoms with Gasteiger partial charge in [0.2, 0.25) is 15.9 Å². The molecule has 0 aliphatic heterocycles. The maximum atomic E-state index is 12.0. The Morgan fingerprint density at radius 2 is 1.79 bits per heavy atom. The van der Waals surface area contributed by atoms with Gasteiger partial charge in [0.15, 0.2) is 0 Å². The highest BCUT2D eigenvalue weighted by atomic mass is 35.5. The summed E-state index contributed by atoms with van der Waals surface area (Å²) >= 11 is 5.78. The van der Waals surface area contributed by atoms with Crippen molar-refractivity contribution in [2.45, 2.75) is 4.90 Å². The topological polar surface area (TPSA) is 75.3 Å². The van der Waals surface area contributed by atoms with Crippen LogP contribution in [0.3, 0.4) is 0 Å². The van der Waals surface area contributed by atoms with Gasteiger partial charge >= 0.3 is 0 Å². The fourth-order valence-corrected chi connectivity index (χ4v) is 3.22. The number of sulfonamides is 1. The van der Waals surface area contributed by atoms with Crippen LogP contribution < -0.4 is 10.0 Å². The monoisotopic (exact) mass is 364 g/mol. The van der Waals surface area contributed by atoms with E-state index in [1.165, 1.54) is 18.2 Å². The zero-order valence-electron chi connectivity index (χ0n) is 12.8. The highest BCUT2D eigenvalue weighted by Crippen LogP contribution is 2.14. The van der Waals surface area contributed by atoms with Crippen molar-refractivity contribution in [2.24, 2.45) is 0 Å². The van der Waals surface area contributed by atoms with Crippen LogP contribution in [0.25, 0.3) is 6.08 Å². The number of halogens is 1. The lowest BCUT2D eigenvalue weighted by Gasteiger charge is -2.07. The molecular weight excluding hydrogens is 348 g/mol. The Morgan fingerprint density at radius 1 is 1.04 bits per heavy atom. The van der Waals surface area contributed by atoms with Gasteiger partial charge in [-0.1, -0.05) is 48.0 Å². The van der Waals surface area contributed by atoms with E-state index in [0.717, 1.165) is 5.56 Å². The minimum absolute atomic E-state index is 0.0831. The first kappa shape index (κ1) is 18.2. The fraction of sp³-hybridized carbons (Fsp3) is 0.118. The lowest BCUT2D eigenvalue weighted by molar-refractivity contribution is -0.116. The molecular formula is C17H17ClN2O3S. The zero-order chi connectivity index (χ0) is 17.4. The molecule has 2 aromatic rings. The van der Waals surface area contributed by atoms with Crippen molar-refractivity contribution < 1.29 is 13.2 Å². The summed E-state index contributed by atoms with van der Waals surface area (Å²) in [6, 6.07) is 15.4. The quantitative estimate of drug-likeness (QED) is 0.585. The Hall–Kier alpha value is -2.15. The maximum Gasteiger partial charge on any atom is 0.244 e. The van der Waals surface area contributed by atoms with Gasteiger partial charge in [-0.3, -0.25) is 4.79 Å². The van der Waals surface area contributed by atoms with Crippen molar-refractivity contribution in [3.05, 3.63) is 71.3 Å². The number of amides is 1. The molecule has 0 unspecified atom stereocenters. The molecule has 0 aromatic heterocycles. The zero-order valence-corrected chi connectivity index (χ0v) is 14.3. The van der Waals surface area contributed by atoms with E-state index in [9.17, 15) is 13.2 Å². The molecule has 0 atom stereocenters. The van der Waals surface area contributed by atoms with Gasteiger partial charge in [0.1, 0.15) is 0 Å². The van der Waals surface area contributed by atoms with Crippen LogP contribution in [-0.2, 0) is 14.8 Å². The van der Waals surface area contributed by atoms with Gasteiger partial charge < -0.3 is 5.32 Å². The molecule has 0 fully saturated rings. The molecule has 0 aliphatic rings. The van der Waals surface area contributed by atoms with Gasteiger partial charge in [0.25, 0.3) is 0 Å². The summed E-state index contributed by atoms with van der Waals surface area (Å²) in [6.07, 6.45) is 3.09. The molecule has 0 spiro atoms. The van der Waals surface area contributed by atoms with Gasteiger partial charge in [-0.25, -0.2) is 13.1 Å². The Bertz CT molecular complexity index is 821. The molecule has 126 valence electrons. The smallest absolute Gasteiger partial charge is 0.244 e. The summed E-state index contributed by atoms with van der Waals surface area (Å²) in [5, 5.41) is 2.95. The van der Waals surface area contributed by atoms with Crippen LogP contribution in [0.5, 0.6) is 0 Å². The van der Waals surface area contributed by atoms with Crippen molar-refractivity contribution in [3.63, 3.8) is 0 Å². The van der Waals surface area contributed by atoms with Crippen LogP contribution in [-0.4, -0.2) is 27.4 Å². The van der Waals surface area contributed by atoms with Gasteiger partial charge in [0.05, 0.1) is 4.90 Å². The van der Waals surface area contributed by atoms with Crippen LogP contribution in [0, 0.1) is 0 Å². The van der Waals surface area contributed by atoms with E-state index in [4.69, 9.17) is 11.6 Å². The molecule has 0 heterocycles. The van der Waals surface area contributed by atoms with Crippen LogP contribution in [0.15, 0.2) is 65.6 Å². The Morgan fingerprint density at radius 3 is 2.50 bits per heavy atom. The summed E-state index contributed by atoms with van der Waals surface area (Å²) in [5.41, 5.74) is 0.911. The number of benzene rings is 2. The van der Waals surface area contributed by atoms with E-state index < -0.39 is 10.0 Å². The highest BCUT2D eigenvalue weighted by Gasteiger charge is 2.13. The lowest BCUT2D eigenvalue weighted by Crippen LogP contribution is -2.34. The van der Waals surface area contributed by atoms with Crippen molar-refractivity contribution in [2.75, 3.05) is 13.1 Å². The number of carbonyl (C=O) groups is 1. The molecule has 5 nitrogen and oxygen atoms in total. The summed E-state index contributed by atoms with van der Waals surface area (Å²) < 4.78 is 26.5. The second-order valence-corrected chi connectivity index (χ2v) is 7.09. The standard InChI is InChI=1S/C17H17ClN2O3S/c18-15-7-4-8-16(13-15)24(22,23)20-12-11-19-17(21)10-9-14-5-2-1-3-6-14/h1-10,13,20H,11-12H2,(H,19,21). The number of carbonyl (C=O) groups excluding carboxylic acids is 1. The molecule has 0 aliphatic carbocycles. The molecule has 7 heteroatoms. The normalized spacial score (nSPS) is 11.5. The number of hydrogen-bond acceptors (Lipinski definition) is 3. The molecule has 0 saturated carbocycles. The molecule has 1 amide bonds. The van der Waals surface area contributed by atoms with E-state index in [1.54, 1.807) is 18.2 Å². The highest BCUT2D eigenvalue weighted by molar-refractivity contribution is 7.89. The maximum absolute atomic E-state index is 12.0. The average molecular weight is 365 g/mol. The van der Waals surface area contributed by atoms with Crippen molar-refractivity contribution in [1.29, 1.82) is 0 Å². The third-order valence-electron chi connectivity index (χ3n) is 3.05. The minimum Gasteiger partial charge on any atom is -0.351 e. The molecule has 2 rings (SSSR count). The predicted octanol–water partition coefficient (Wildman–Crippen LogP) is 2.45. The van der Waals surface area contributed by atoms with E-state index in [-0.39, 0.29) is 23.9 Å². The Balaban J connectivity index is 1.78. The molecule has 0 bridgehead atoms. The third kappa shape index (κ3) is 5.81. The van der Waals surface area contributed by atoms with E-state index in [1.807, 2.05) is 30.3 Å². The Labute approximate surface area is 146 Å². The molecule has 0 saturated heterocycles. The predicted molar refractivity (Wildman–Crippen MR) is 95.1 cm³/mol. The third-order valence-corrected chi connectivity index (χ3v) is 4.74. The van der Waals surface area contributed by atoms with Crippen LogP contribution in [0.1, 0.15) is 5.56 Å². The SMILES string of the molecule is O=C(C=Cc1ccccc1)NCCNS(=O)(=O)c1cccc(Cl)c1. The summed E-state index contributed by atoms with van der Waals surface area (Å²) in [5.74, 6) is -0.291. The van der Waals surface area contributed by atoms with Crippen molar-refractivity contribution in [1.82, 2.24) is 10.0 Å². The molecule has 2 N–H and O–H groups in total. The van der Waals surface area contributed by atoms with Crippen LogP contribution in [0.2, 0.25) is 5.02 Å². The minimum atomic E-state index is -3.64.